The van der Waals surface area contributed by atoms with Crippen LogP contribution in [0.2, 0.25) is 0 Å². The molecule has 1 aliphatic rings. The summed E-state index contributed by atoms with van der Waals surface area (Å²) >= 11 is 0. The Bertz CT molecular complexity index is 337. The molecule has 1 amide bonds. The molecule has 0 spiro atoms. The number of rotatable bonds is 3. The third kappa shape index (κ3) is 2.79. The minimum Gasteiger partial charge on any atom is -0.350 e. The maximum Gasteiger partial charge on any atom is 0.242 e. The Morgan fingerprint density at radius 2 is 2.56 bits per heavy atom. The average Bonchev–Trinajstić information content (AvgIpc) is 2.74. The summed E-state index contributed by atoms with van der Waals surface area (Å²) < 4.78 is 1.52. The fourth-order valence-electron chi connectivity index (χ4n) is 1.96. The Kier molecular flexibility index (Phi) is 3.51. The van der Waals surface area contributed by atoms with Gasteiger partial charge in [-0.15, -0.1) is 0 Å². The number of aromatic nitrogens is 3. The Balaban J connectivity index is 1.82. The molecule has 2 N–H and O–H groups in total. The van der Waals surface area contributed by atoms with Gasteiger partial charge in [0.05, 0.1) is 0 Å². The number of carbonyl (C=O) groups excluding carboxylic acids is 1. The van der Waals surface area contributed by atoms with Gasteiger partial charge in [0, 0.05) is 12.1 Å². The maximum atomic E-state index is 11.7. The zero-order valence-corrected chi connectivity index (χ0v) is 9.39. The number of amides is 1. The van der Waals surface area contributed by atoms with Gasteiger partial charge in [0.2, 0.25) is 5.91 Å². The van der Waals surface area contributed by atoms with E-state index in [0.717, 1.165) is 19.4 Å². The van der Waals surface area contributed by atoms with Crippen LogP contribution in [-0.4, -0.2) is 39.3 Å². The van der Waals surface area contributed by atoms with E-state index in [4.69, 9.17) is 0 Å². The highest BCUT2D eigenvalue weighted by Gasteiger charge is 2.22. The van der Waals surface area contributed by atoms with E-state index in [0.29, 0.717) is 6.04 Å². The van der Waals surface area contributed by atoms with E-state index in [-0.39, 0.29) is 18.5 Å². The third-order valence-electron chi connectivity index (χ3n) is 2.88. The molecule has 0 radical (unpaired) electrons. The molecule has 1 aliphatic heterocycles. The molecular formula is C10H17N5O. The fraction of sp³-hybridized carbons (Fsp3) is 0.700. The summed E-state index contributed by atoms with van der Waals surface area (Å²) in [4.78, 5) is 15.5. The van der Waals surface area contributed by atoms with Gasteiger partial charge < -0.3 is 10.6 Å². The van der Waals surface area contributed by atoms with Crippen molar-refractivity contribution in [3.63, 3.8) is 0 Å². The standard InChI is InChI=1S/C10H17N5O/c1-8-9(3-2-4-12-8)14-10(16)5-15-7-11-6-13-15/h6-9,12H,2-5H2,1H3,(H,14,16). The molecule has 0 aromatic carbocycles. The van der Waals surface area contributed by atoms with Crippen LogP contribution in [0.15, 0.2) is 12.7 Å². The predicted octanol–water partition coefficient (Wildman–Crippen LogP) is -0.465. The number of carbonyl (C=O) groups is 1. The average molecular weight is 223 g/mol. The monoisotopic (exact) mass is 223 g/mol. The van der Waals surface area contributed by atoms with Crippen molar-refractivity contribution >= 4 is 5.91 Å². The van der Waals surface area contributed by atoms with E-state index in [1.165, 1.54) is 11.0 Å². The molecule has 1 fully saturated rings. The van der Waals surface area contributed by atoms with Crippen molar-refractivity contribution in [2.24, 2.45) is 0 Å². The summed E-state index contributed by atoms with van der Waals surface area (Å²) in [5, 5.41) is 10.3. The lowest BCUT2D eigenvalue weighted by molar-refractivity contribution is -0.122. The second-order valence-corrected chi connectivity index (χ2v) is 4.15. The summed E-state index contributed by atoms with van der Waals surface area (Å²) in [5.41, 5.74) is 0. The van der Waals surface area contributed by atoms with Gasteiger partial charge in [-0.3, -0.25) is 4.79 Å². The van der Waals surface area contributed by atoms with Gasteiger partial charge in [0.1, 0.15) is 19.2 Å². The Morgan fingerprint density at radius 1 is 1.69 bits per heavy atom. The van der Waals surface area contributed by atoms with Crippen molar-refractivity contribution in [2.75, 3.05) is 6.54 Å². The van der Waals surface area contributed by atoms with Crippen LogP contribution in [0.1, 0.15) is 19.8 Å². The Hall–Kier alpha value is -1.43. The summed E-state index contributed by atoms with van der Waals surface area (Å²) in [6.07, 6.45) is 5.12. The highest BCUT2D eigenvalue weighted by atomic mass is 16.2. The van der Waals surface area contributed by atoms with Crippen LogP contribution in [0, 0.1) is 0 Å². The van der Waals surface area contributed by atoms with E-state index >= 15 is 0 Å². The first kappa shape index (κ1) is 11.1. The maximum absolute atomic E-state index is 11.7. The molecule has 6 heteroatoms. The van der Waals surface area contributed by atoms with Crippen LogP contribution in [0.5, 0.6) is 0 Å². The molecule has 2 unspecified atom stereocenters. The molecule has 1 aromatic rings. The first-order chi connectivity index (χ1) is 7.75. The van der Waals surface area contributed by atoms with E-state index in [2.05, 4.69) is 27.6 Å². The first-order valence-corrected chi connectivity index (χ1v) is 5.61. The molecular weight excluding hydrogens is 206 g/mol. The minimum atomic E-state index is -0.00829. The van der Waals surface area contributed by atoms with Crippen molar-refractivity contribution in [2.45, 2.75) is 38.4 Å². The van der Waals surface area contributed by atoms with E-state index in [9.17, 15) is 4.79 Å². The molecule has 0 bridgehead atoms. The molecule has 0 aliphatic carbocycles. The molecule has 0 saturated carbocycles. The van der Waals surface area contributed by atoms with Crippen molar-refractivity contribution in [3.05, 3.63) is 12.7 Å². The predicted molar refractivity (Wildman–Crippen MR) is 58.7 cm³/mol. The molecule has 16 heavy (non-hydrogen) atoms. The molecule has 1 saturated heterocycles. The summed E-state index contributed by atoms with van der Waals surface area (Å²) in [6, 6.07) is 0.568. The zero-order valence-electron chi connectivity index (χ0n) is 9.39. The number of hydrogen-bond acceptors (Lipinski definition) is 4. The van der Waals surface area contributed by atoms with Crippen molar-refractivity contribution in [3.8, 4) is 0 Å². The Morgan fingerprint density at radius 3 is 3.25 bits per heavy atom. The highest BCUT2D eigenvalue weighted by Crippen LogP contribution is 2.07. The molecule has 88 valence electrons. The van der Waals surface area contributed by atoms with Crippen LogP contribution < -0.4 is 10.6 Å². The van der Waals surface area contributed by atoms with Gasteiger partial charge in [-0.25, -0.2) is 9.67 Å². The van der Waals surface area contributed by atoms with Crippen molar-refractivity contribution in [1.29, 1.82) is 0 Å². The van der Waals surface area contributed by atoms with Crippen LogP contribution >= 0.6 is 0 Å². The number of nitrogens with zero attached hydrogens (tertiary/aromatic N) is 3. The van der Waals surface area contributed by atoms with Gasteiger partial charge in [0.15, 0.2) is 0 Å². The van der Waals surface area contributed by atoms with E-state index < -0.39 is 0 Å². The van der Waals surface area contributed by atoms with Gasteiger partial charge in [0.25, 0.3) is 0 Å². The molecule has 6 nitrogen and oxygen atoms in total. The van der Waals surface area contributed by atoms with Crippen LogP contribution in [0.4, 0.5) is 0 Å². The second-order valence-electron chi connectivity index (χ2n) is 4.15. The topological polar surface area (TPSA) is 71.8 Å². The van der Waals surface area contributed by atoms with Crippen LogP contribution in [-0.2, 0) is 11.3 Å². The first-order valence-electron chi connectivity index (χ1n) is 5.61. The van der Waals surface area contributed by atoms with E-state index in [1.807, 2.05) is 0 Å². The minimum absolute atomic E-state index is 0.00829. The SMILES string of the molecule is CC1NCCCC1NC(=O)Cn1cncn1. The van der Waals surface area contributed by atoms with Crippen molar-refractivity contribution < 1.29 is 4.79 Å². The lowest BCUT2D eigenvalue weighted by Gasteiger charge is -2.30. The largest absolute Gasteiger partial charge is 0.350 e. The summed E-state index contributed by atoms with van der Waals surface area (Å²) in [5.74, 6) is -0.00829. The van der Waals surface area contributed by atoms with Gasteiger partial charge in [-0.05, 0) is 26.3 Å². The highest BCUT2D eigenvalue weighted by molar-refractivity contribution is 5.76. The molecule has 2 rings (SSSR count). The van der Waals surface area contributed by atoms with Gasteiger partial charge >= 0.3 is 0 Å². The van der Waals surface area contributed by atoms with Crippen molar-refractivity contribution in [1.82, 2.24) is 25.4 Å². The Labute approximate surface area is 94.4 Å². The smallest absolute Gasteiger partial charge is 0.242 e. The van der Waals surface area contributed by atoms with E-state index in [1.54, 1.807) is 6.33 Å². The quantitative estimate of drug-likeness (QED) is 0.727. The zero-order chi connectivity index (χ0) is 11.4. The molecule has 2 heterocycles. The third-order valence-corrected chi connectivity index (χ3v) is 2.88. The van der Waals surface area contributed by atoms with Gasteiger partial charge in [-0.1, -0.05) is 0 Å². The lowest BCUT2D eigenvalue weighted by atomic mass is 10.00. The fourth-order valence-corrected chi connectivity index (χ4v) is 1.96. The van der Waals surface area contributed by atoms with Crippen LogP contribution in [0.25, 0.3) is 0 Å². The van der Waals surface area contributed by atoms with Crippen LogP contribution in [0.3, 0.4) is 0 Å². The normalized spacial score (nSPS) is 25.3. The lowest BCUT2D eigenvalue weighted by Crippen LogP contribution is -2.52. The number of hydrogen-bond donors (Lipinski definition) is 2. The summed E-state index contributed by atoms with van der Waals surface area (Å²) in [7, 11) is 0. The summed E-state index contributed by atoms with van der Waals surface area (Å²) in [6.45, 7) is 3.37. The number of piperidine rings is 1. The number of nitrogens with one attached hydrogen (secondary N) is 2. The molecule has 2 atom stereocenters. The van der Waals surface area contributed by atoms with Gasteiger partial charge in [-0.2, -0.15) is 5.10 Å². The second kappa shape index (κ2) is 5.07. The molecule has 1 aromatic heterocycles.